The highest BCUT2D eigenvalue weighted by molar-refractivity contribution is 7.94. The zero-order valence-electron chi connectivity index (χ0n) is 14.2. The Labute approximate surface area is 156 Å². The van der Waals surface area contributed by atoms with Crippen molar-refractivity contribution in [1.29, 1.82) is 0 Å². The van der Waals surface area contributed by atoms with Crippen molar-refractivity contribution in [1.82, 2.24) is 4.90 Å². The number of hydrogen-bond acceptors (Lipinski definition) is 5. The maximum absolute atomic E-state index is 12.2. The molecule has 0 saturated carbocycles. The highest BCUT2D eigenvalue weighted by Crippen LogP contribution is 2.20. The normalized spacial score (nSPS) is 11.1. The molecule has 0 spiro atoms. The number of carboxylic acid groups (broad SMARTS) is 1. The van der Waals surface area contributed by atoms with Gasteiger partial charge < -0.3 is 10.0 Å². The number of nitrogens with one attached hydrogen (secondary N) is 1. The number of anilines is 1. The summed E-state index contributed by atoms with van der Waals surface area (Å²) in [4.78, 5) is 24.4. The monoisotopic (exact) mass is 396 g/mol. The van der Waals surface area contributed by atoms with E-state index in [1.165, 1.54) is 11.0 Å². The summed E-state index contributed by atoms with van der Waals surface area (Å²) in [5, 5.41) is 10.4. The first-order valence-corrected chi connectivity index (χ1v) is 10.3. The number of carbonyl (C=O) groups excluding carboxylic acids is 1. The summed E-state index contributed by atoms with van der Waals surface area (Å²) in [6.07, 6.45) is 0.0361. The Morgan fingerprint density at radius 3 is 2.42 bits per heavy atom. The number of likely N-dealkylation sites (N-methyl/N-ethyl adjacent to an activating group) is 1. The lowest BCUT2D eigenvalue weighted by Gasteiger charge is -2.20. The van der Waals surface area contributed by atoms with E-state index in [0.29, 0.717) is 12.2 Å². The van der Waals surface area contributed by atoms with Crippen molar-refractivity contribution in [2.75, 3.05) is 17.8 Å². The number of amides is 1. The third-order valence-electron chi connectivity index (χ3n) is 3.65. The Kier molecular flexibility index (Phi) is 6.76. The number of rotatable bonds is 9. The Bertz CT molecular complexity index is 846. The first-order chi connectivity index (χ1) is 12.3. The van der Waals surface area contributed by atoms with Gasteiger partial charge in [0, 0.05) is 18.8 Å². The van der Waals surface area contributed by atoms with Crippen LogP contribution in [0.15, 0.2) is 46.0 Å². The number of hydrogen-bond donors (Lipinski definition) is 2. The maximum Gasteiger partial charge on any atom is 0.305 e. The highest BCUT2D eigenvalue weighted by Gasteiger charge is 2.16. The molecule has 0 unspecified atom stereocenters. The van der Waals surface area contributed by atoms with E-state index >= 15 is 0 Å². The molecule has 2 rings (SSSR count). The molecule has 0 aliphatic rings. The van der Waals surface area contributed by atoms with Crippen molar-refractivity contribution in [2.24, 2.45) is 0 Å². The molecule has 26 heavy (non-hydrogen) atoms. The number of aliphatic carboxylic acids is 1. The minimum Gasteiger partial charge on any atom is -0.481 e. The summed E-state index contributed by atoms with van der Waals surface area (Å²) < 4.78 is 27.1. The van der Waals surface area contributed by atoms with Crippen molar-refractivity contribution in [2.45, 2.75) is 24.0 Å². The predicted molar refractivity (Wildman–Crippen MR) is 99.8 cm³/mol. The molecule has 1 amide bonds. The van der Waals surface area contributed by atoms with Gasteiger partial charge in [-0.05, 0) is 36.1 Å². The molecule has 1 heterocycles. The van der Waals surface area contributed by atoms with Gasteiger partial charge in [0.15, 0.2) is 0 Å². The fourth-order valence-electron chi connectivity index (χ4n) is 2.29. The Morgan fingerprint density at radius 2 is 1.88 bits per heavy atom. The predicted octanol–water partition coefficient (Wildman–Crippen LogP) is 2.41. The first-order valence-electron chi connectivity index (χ1n) is 7.96. The van der Waals surface area contributed by atoms with Crippen LogP contribution >= 0.6 is 11.3 Å². The van der Waals surface area contributed by atoms with Crippen LogP contribution in [0.5, 0.6) is 0 Å². The minimum absolute atomic E-state index is 0.0942. The van der Waals surface area contributed by atoms with Gasteiger partial charge in [-0.2, -0.15) is 0 Å². The fraction of sp³-hybridized carbons (Fsp3) is 0.294. The summed E-state index contributed by atoms with van der Waals surface area (Å²) in [7, 11) is -3.60. The number of nitrogens with zero attached hydrogens (tertiary/aromatic N) is 1. The first kappa shape index (κ1) is 19.9. The van der Waals surface area contributed by atoms with E-state index in [1.807, 2.05) is 0 Å². The second-order valence-electron chi connectivity index (χ2n) is 5.53. The van der Waals surface area contributed by atoms with Crippen LogP contribution < -0.4 is 4.72 Å². The molecule has 140 valence electrons. The molecule has 2 N–H and O–H groups in total. The zero-order chi connectivity index (χ0) is 19.2. The third-order valence-corrected chi connectivity index (χ3v) is 6.43. The van der Waals surface area contributed by atoms with Gasteiger partial charge >= 0.3 is 5.97 Å². The Balaban J connectivity index is 1.98. The van der Waals surface area contributed by atoms with E-state index in [4.69, 9.17) is 5.11 Å². The van der Waals surface area contributed by atoms with E-state index in [2.05, 4.69) is 4.72 Å². The van der Waals surface area contributed by atoms with Crippen molar-refractivity contribution in [3.63, 3.8) is 0 Å². The molecule has 7 nitrogen and oxygen atoms in total. The van der Waals surface area contributed by atoms with Gasteiger partial charge in [0.1, 0.15) is 4.21 Å². The van der Waals surface area contributed by atoms with Crippen molar-refractivity contribution >= 4 is 38.9 Å². The van der Waals surface area contributed by atoms with Crippen LogP contribution in [0.3, 0.4) is 0 Å². The van der Waals surface area contributed by atoms with Gasteiger partial charge in [0.2, 0.25) is 5.91 Å². The van der Waals surface area contributed by atoms with Crippen LogP contribution in [0.2, 0.25) is 0 Å². The van der Waals surface area contributed by atoms with Crippen LogP contribution in [0.4, 0.5) is 5.69 Å². The standard InChI is InChI=1S/C17H20N2O5S2/c1-2-19(10-9-16(21)22)15(20)12-13-5-7-14(8-6-13)18-26(23,24)17-4-3-11-25-17/h3-8,11,18H,2,9-10,12H2,1H3,(H,21,22). The molecule has 9 heteroatoms. The lowest BCUT2D eigenvalue weighted by Crippen LogP contribution is -2.34. The molecule has 0 aliphatic heterocycles. The number of carbonyl (C=O) groups is 2. The van der Waals surface area contributed by atoms with E-state index in [-0.39, 0.29) is 29.5 Å². The summed E-state index contributed by atoms with van der Waals surface area (Å²) in [5.74, 6) is -1.11. The molecule has 1 aromatic heterocycles. The van der Waals surface area contributed by atoms with Crippen LogP contribution in [0.25, 0.3) is 0 Å². The average Bonchev–Trinajstić information content (AvgIpc) is 3.12. The van der Waals surface area contributed by atoms with Crippen LogP contribution in [-0.2, 0) is 26.0 Å². The Hall–Kier alpha value is -2.39. The quantitative estimate of drug-likeness (QED) is 0.677. The molecule has 2 aromatic rings. The second kappa shape index (κ2) is 8.81. The van der Waals surface area contributed by atoms with Crippen molar-refractivity contribution < 1.29 is 23.1 Å². The molecule has 1 aromatic carbocycles. The second-order valence-corrected chi connectivity index (χ2v) is 8.39. The molecule has 0 saturated heterocycles. The summed E-state index contributed by atoms with van der Waals surface area (Å²) in [5.41, 5.74) is 1.13. The minimum atomic E-state index is -3.60. The van der Waals surface area contributed by atoms with E-state index in [9.17, 15) is 18.0 Å². The van der Waals surface area contributed by atoms with Gasteiger partial charge in [-0.15, -0.1) is 11.3 Å². The molecule has 0 atom stereocenters. The van der Waals surface area contributed by atoms with Gasteiger partial charge in [0.05, 0.1) is 12.8 Å². The van der Waals surface area contributed by atoms with Gasteiger partial charge in [-0.25, -0.2) is 8.42 Å². The van der Waals surface area contributed by atoms with Gasteiger partial charge in [0.25, 0.3) is 10.0 Å². The molecular formula is C17H20N2O5S2. The SMILES string of the molecule is CCN(CCC(=O)O)C(=O)Cc1ccc(NS(=O)(=O)c2cccs2)cc1. The highest BCUT2D eigenvalue weighted by atomic mass is 32.2. The molecular weight excluding hydrogens is 376 g/mol. The maximum atomic E-state index is 12.2. The van der Waals surface area contributed by atoms with Crippen LogP contribution in [0.1, 0.15) is 18.9 Å². The molecule has 0 radical (unpaired) electrons. The van der Waals surface area contributed by atoms with Crippen molar-refractivity contribution in [3.8, 4) is 0 Å². The van der Waals surface area contributed by atoms with Crippen LogP contribution in [-0.4, -0.2) is 43.4 Å². The molecule has 0 bridgehead atoms. The smallest absolute Gasteiger partial charge is 0.305 e. The van der Waals surface area contributed by atoms with E-state index in [0.717, 1.165) is 16.9 Å². The lowest BCUT2D eigenvalue weighted by atomic mass is 10.1. The zero-order valence-corrected chi connectivity index (χ0v) is 15.8. The summed E-state index contributed by atoms with van der Waals surface area (Å²) in [6.45, 7) is 2.40. The van der Waals surface area contributed by atoms with Gasteiger partial charge in [-0.3, -0.25) is 14.3 Å². The topological polar surface area (TPSA) is 104 Å². The summed E-state index contributed by atoms with van der Waals surface area (Å²) in [6, 6.07) is 9.74. The number of sulfonamides is 1. The van der Waals surface area contributed by atoms with Crippen molar-refractivity contribution in [3.05, 3.63) is 47.3 Å². The number of thiophene rings is 1. The summed E-state index contributed by atoms with van der Waals surface area (Å²) >= 11 is 1.13. The Morgan fingerprint density at radius 1 is 1.19 bits per heavy atom. The lowest BCUT2D eigenvalue weighted by molar-refractivity contribution is -0.138. The van der Waals surface area contributed by atoms with Crippen LogP contribution in [0, 0.1) is 0 Å². The third kappa shape index (κ3) is 5.57. The fourth-order valence-corrected chi connectivity index (χ4v) is 4.34. The molecule has 0 aliphatic carbocycles. The largest absolute Gasteiger partial charge is 0.481 e. The number of benzene rings is 1. The van der Waals surface area contributed by atoms with E-state index in [1.54, 1.807) is 42.6 Å². The number of carboxylic acids is 1. The van der Waals surface area contributed by atoms with E-state index < -0.39 is 16.0 Å². The molecule has 0 fully saturated rings. The van der Waals surface area contributed by atoms with Gasteiger partial charge in [-0.1, -0.05) is 18.2 Å². The average molecular weight is 396 g/mol.